The van der Waals surface area contributed by atoms with Gasteiger partial charge in [0.25, 0.3) is 11.6 Å². The van der Waals surface area contributed by atoms with Gasteiger partial charge in [-0.3, -0.25) is 19.7 Å². The molecule has 124 valence electrons. The van der Waals surface area contributed by atoms with Crippen LogP contribution in [0.25, 0.3) is 0 Å². The first-order valence-electron chi connectivity index (χ1n) is 6.46. The Morgan fingerprint density at radius 3 is 2.62 bits per heavy atom. The maximum absolute atomic E-state index is 11.8. The highest BCUT2D eigenvalue weighted by Gasteiger charge is 2.13. The molecule has 1 amide bonds. The summed E-state index contributed by atoms with van der Waals surface area (Å²) in [6.07, 6.45) is 1.18. The number of non-ortho nitro benzene ring substituents is 1. The van der Waals surface area contributed by atoms with E-state index in [9.17, 15) is 24.5 Å². The van der Waals surface area contributed by atoms with Crippen LogP contribution in [0.1, 0.15) is 10.4 Å². The summed E-state index contributed by atoms with van der Waals surface area (Å²) >= 11 is 3.11. The number of hydrogen-bond acceptors (Lipinski definition) is 6. The average Bonchev–Trinajstić information content (AvgIpc) is 2.55. The summed E-state index contributed by atoms with van der Waals surface area (Å²) in [4.78, 5) is 46.7. The summed E-state index contributed by atoms with van der Waals surface area (Å²) in [6, 6.07) is 6.25. The minimum Gasteiger partial charge on any atom is -0.452 e. The molecule has 2 rings (SSSR count). The number of nitro benzene ring substituents is 1. The highest BCUT2D eigenvalue weighted by Crippen LogP contribution is 2.26. The fourth-order valence-electron chi connectivity index (χ4n) is 1.66. The third kappa shape index (κ3) is 4.49. The van der Waals surface area contributed by atoms with Crippen molar-refractivity contribution in [1.82, 2.24) is 4.98 Å². The smallest absolute Gasteiger partial charge is 0.340 e. The summed E-state index contributed by atoms with van der Waals surface area (Å²) in [6.45, 7) is -0.554. The molecule has 10 heteroatoms. The van der Waals surface area contributed by atoms with Crippen LogP contribution in [0.3, 0.4) is 0 Å². The molecule has 2 N–H and O–H groups in total. The van der Waals surface area contributed by atoms with Gasteiger partial charge in [0, 0.05) is 28.9 Å². The second-order valence-corrected chi connectivity index (χ2v) is 5.34. The molecule has 1 aromatic heterocycles. The van der Waals surface area contributed by atoms with E-state index in [2.05, 4.69) is 26.2 Å². The number of hydrogen-bond donors (Lipinski definition) is 2. The topological polar surface area (TPSA) is 131 Å². The predicted molar refractivity (Wildman–Crippen MR) is 86.8 cm³/mol. The molecule has 1 heterocycles. The number of aromatic amines is 1. The minimum absolute atomic E-state index is 0.0962. The van der Waals surface area contributed by atoms with Crippen LogP contribution in [0, 0.1) is 10.1 Å². The molecule has 0 fully saturated rings. The van der Waals surface area contributed by atoms with Crippen LogP contribution in [0.5, 0.6) is 0 Å². The second kappa shape index (κ2) is 7.51. The number of ether oxygens (including phenoxy) is 1. The lowest BCUT2D eigenvalue weighted by Crippen LogP contribution is -2.21. The zero-order valence-electron chi connectivity index (χ0n) is 11.9. The van der Waals surface area contributed by atoms with Crippen LogP contribution in [0.15, 0.2) is 45.8 Å². The van der Waals surface area contributed by atoms with Crippen molar-refractivity contribution in [2.24, 2.45) is 0 Å². The first-order valence-corrected chi connectivity index (χ1v) is 7.26. The normalized spacial score (nSPS) is 10.0. The largest absolute Gasteiger partial charge is 0.452 e. The van der Waals surface area contributed by atoms with Crippen molar-refractivity contribution in [2.75, 3.05) is 11.9 Å². The molecule has 0 spiro atoms. The third-order valence-electron chi connectivity index (χ3n) is 2.79. The highest BCUT2D eigenvalue weighted by atomic mass is 79.9. The Kier molecular flexibility index (Phi) is 5.42. The predicted octanol–water partition coefficient (Wildman–Crippen LogP) is 1.84. The summed E-state index contributed by atoms with van der Waals surface area (Å²) in [5, 5.41) is 13.1. The third-order valence-corrected chi connectivity index (χ3v) is 3.45. The molecule has 1 aromatic carbocycles. The molecule has 24 heavy (non-hydrogen) atoms. The van der Waals surface area contributed by atoms with Gasteiger partial charge >= 0.3 is 5.97 Å². The van der Waals surface area contributed by atoms with Crippen molar-refractivity contribution in [3.63, 3.8) is 0 Å². The number of esters is 1. The molecular weight excluding hydrogens is 386 g/mol. The van der Waals surface area contributed by atoms with Crippen molar-refractivity contribution >= 4 is 39.2 Å². The number of anilines is 1. The molecule has 0 aliphatic rings. The Morgan fingerprint density at radius 2 is 2.04 bits per heavy atom. The maximum Gasteiger partial charge on any atom is 0.340 e. The van der Waals surface area contributed by atoms with Crippen molar-refractivity contribution in [2.45, 2.75) is 0 Å². The number of aromatic nitrogens is 1. The van der Waals surface area contributed by atoms with Crippen LogP contribution in [0.2, 0.25) is 0 Å². The number of H-pyrrole nitrogens is 1. The Morgan fingerprint density at radius 1 is 1.29 bits per heavy atom. The first kappa shape index (κ1) is 17.3. The van der Waals surface area contributed by atoms with Gasteiger partial charge in [0.1, 0.15) is 0 Å². The van der Waals surface area contributed by atoms with Gasteiger partial charge in [-0.25, -0.2) is 4.79 Å². The summed E-state index contributed by atoms with van der Waals surface area (Å²) in [5.41, 5.74) is -0.110. The van der Waals surface area contributed by atoms with Crippen LogP contribution in [-0.2, 0) is 9.53 Å². The number of carbonyl (C=O) groups is 2. The van der Waals surface area contributed by atoms with E-state index in [0.29, 0.717) is 10.2 Å². The van der Waals surface area contributed by atoms with E-state index in [1.807, 2.05) is 0 Å². The molecule has 0 aliphatic carbocycles. The van der Waals surface area contributed by atoms with Crippen molar-refractivity contribution in [3.05, 3.63) is 67.0 Å². The number of amides is 1. The SMILES string of the molecule is O=C(COC(=O)c1ccc(=O)[nH]c1)Nc1ccc([N+](=O)[O-])cc1Br. The lowest BCUT2D eigenvalue weighted by atomic mass is 10.3. The fraction of sp³-hybridized carbons (Fsp3) is 0.0714. The number of benzene rings is 1. The second-order valence-electron chi connectivity index (χ2n) is 4.49. The lowest BCUT2D eigenvalue weighted by molar-refractivity contribution is -0.384. The zero-order chi connectivity index (χ0) is 17.7. The van der Waals surface area contributed by atoms with Crippen molar-refractivity contribution < 1.29 is 19.2 Å². The molecule has 0 saturated carbocycles. The van der Waals surface area contributed by atoms with E-state index in [-0.39, 0.29) is 16.8 Å². The molecule has 2 aromatic rings. The Labute approximate surface area is 142 Å². The number of nitrogens with one attached hydrogen (secondary N) is 2. The zero-order valence-corrected chi connectivity index (χ0v) is 13.5. The van der Waals surface area contributed by atoms with Crippen LogP contribution in [-0.4, -0.2) is 28.4 Å². The van der Waals surface area contributed by atoms with Gasteiger partial charge in [0.2, 0.25) is 5.56 Å². The van der Waals surface area contributed by atoms with Crippen LogP contribution in [0.4, 0.5) is 11.4 Å². The number of rotatable bonds is 5. The number of nitro groups is 1. The molecule has 0 radical (unpaired) electrons. The molecule has 0 saturated heterocycles. The van der Waals surface area contributed by atoms with Crippen LogP contribution < -0.4 is 10.9 Å². The maximum atomic E-state index is 11.8. The monoisotopic (exact) mass is 395 g/mol. The van der Waals surface area contributed by atoms with Gasteiger partial charge in [0.05, 0.1) is 16.2 Å². The number of nitrogens with zero attached hydrogens (tertiary/aromatic N) is 1. The van der Waals surface area contributed by atoms with Gasteiger partial charge in [-0.1, -0.05) is 0 Å². The van der Waals surface area contributed by atoms with Crippen LogP contribution >= 0.6 is 15.9 Å². The van der Waals surface area contributed by atoms with Crippen molar-refractivity contribution in [1.29, 1.82) is 0 Å². The molecule has 9 nitrogen and oxygen atoms in total. The first-order chi connectivity index (χ1) is 11.4. The number of carbonyl (C=O) groups excluding carboxylic acids is 2. The van der Waals surface area contributed by atoms with E-state index in [4.69, 9.17) is 4.74 Å². The van der Waals surface area contributed by atoms with Gasteiger partial charge in [-0.2, -0.15) is 0 Å². The van der Waals surface area contributed by atoms with Gasteiger partial charge in [0.15, 0.2) is 6.61 Å². The Hall–Kier alpha value is -3.01. The Bertz CT molecular complexity index is 843. The molecule has 0 atom stereocenters. The number of pyridine rings is 1. The fourth-order valence-corrected chi connectivity index (χ4v) is 2.12. The van der Waals surface area contributed by atoms with E-state index in [0.717, 1.165) is 6.07 Å². The molecular formula is C14H10BrN3O6. The standard InChI is InChI=1S/C14H10BrN3O6/c15-10-5-9(18(22)23)2-3-11(10)17-13(20)7-24-14(21)8-1-4-12(19)16-6-8/h1-6H,7H2,(H,16,19)(H,17,20). The summed E-state index contributed by atoms with van der Waals surface area (Å²) < 4.78 is 5.12. The number of halogens is 1. The van der Waals surface area contributed by atoms with Crippen molar-refractivity contribution in [3.8, 4) is 0 Å². The van der Waals surface area contributed by atoms with E-state index >= 15 is 0 Å². The highest BCUT2D eigenvalue weighted by molar-refractivity contribution is 9.10. The van der Waals surface area contributed by atoms with E-state index < -0.39 is 23.4 Å². The lowest BCUT2D eigenvalue weighted by Gasteiger charge is -2.08. The molecule has 0 aliphatic heterocycles. The quantitative estimate of drug-likeness (QED) is 0.450. The average molecular weight is 396 g/mol. The summed E-state index contributed by atoms with van der Waals surface area (Å²) in [7, 11) is 0. The van der Waals surface area contributed by atoms with E-state index in [1.54, 1.807) is 0 Å². The van der Waals surface area contributed by atoms with Gasteiger partial charge in [-0.05, 0) is 28.1 Å². The van der Waals surface area contributed by atoms with Gasteiger partial charge in [-0.15, -0.1) is 0 Å². The summed E-state index contributed by atoms with van der Waals surface area (Å²) in [5.74, 6) is -1.40. The minimum atomic E-state index is -0.774. The van der Waals surface area contributed by atoms with E-state index in [1.165, 1.54) is 30.5 Å². The molecule has 0 bridgehead atoms. The Balaban J connectivity index is 1.93. The molecule has 0 unspecified atom stereocenters. The van der Waals surface area contributed by atoms with Gasteiger partial charge < -0.3 is 15.0 Å².